The molecule has 1 spiro atoms. The van der Waals surface area contributed by atoms with Crippen molar-refractivity contribution in [3.63, 3.8) is 0 Å². The lowest BCUT2D eigenvalue weighted by Crippen LogP contribution is -2.45. The Labute approximate surface area is 158 Å². The number of carboxylic acid groups (broad SMARTS) is 1. The molecular formula is C20H25N3O4. The van der Waals surface area contributed by atoms with Crippen LogP contribution in [0.5, 0.6) is 0 Å². The predicted octanol–water partition coefficient (Wildman–Crippen LogP) is 1.71. The molecule has 7 heteroatoms. The van der Waals surface area contributed by atoms with Crippen molar-refractivity contribution in [1.29, 1.82) is 0 Å². The second-order valence-corrected chi connectivity index (χ2v) is 8.28. The fraction of sp³-hybridized carbons (Fsp3) is 0.600. The molecule has 1 aromatic heterocycles. The van der Waals surface area contributed by atoms with Crippen LogP contribution in [0.25, 0.3) is 0 Å². The predicted molar refractivity (Wildman–Crippen MR) is 97.0 cm³/mol. The van der Waals surface area contributed by atoms with Gasteiger partial charge in [-0.25, -0.2) is 4.79 Å². The summed E-state index contributed by atoms with van der Waals surface area (Å²) in [5.41, 5.74) is 1.27. The highest BCUT2D eigenvalue weighted by Gasteiger charge is 2.52. The standard InChI is InChI=1S/C20H25N3O4/c1-13-2-3-15(11-21-13)17(24)22-8-6-20(7-9-22)10-16(19(26)27)23(12-20)18(25)14-4-5-14/h2-3,11,14,16H,4-10,12H2,1H3,(H,26,27). The maximum atomic E-state index is 12.7. The van der Waals surface area contributed by atoms with Crippen LogP contribution in [0, 0.1) is 18.3 Å². The molecule has 1 unspecified atom stereocenters. The van der Waals surface area contributed by atoms with Crippen LogP contribution in [-0.4, -0.2) is 63.4 Å². The Kier molecular flexibility index (Phi) is 4.40. The van der Waals surface area contributed by atoms with E-state index in [1.54, 1.807) is 17.2 Å². The molecule has 3 aliphatic rings. The maximum Gasteiger partial charge on any atom is 0.326 e. The molecule has 0 radical (unpaired) electrons. The van der Waals surface area contributed by atoms with Crippen molar-refractivity contribution in [3.05, 3.63) is 29.6 Å². The van der Waals surface area contributed by atoms with E-state index in [4.69, 9.17) is 0 Å². The highest BCUT2D eigenvalue weighted by atomic mass is 16.4. The van der Waals surface area contributed by atoms with E-state index in [1.165, 1.54) is 0 Å². The summed E-state index contributed by atoms with van der Waals surface area (Å²) in [6.45, 7) is 3.56. The van der Waals surface area contributed by atoms with E-state index in [0.29, 0.717) is 31.6 Å². The van der Waals surface area contributed by atoms with Gasteiger partial charge < -0.3 is 14.9 Å². The van der Waals surface area contributed by atoms with Crippen molar-refractivity contribution in [2.45, 2.75) is 45.1 Å². The SMILES string of the molecule is Cc1ccc(C(=O)N2CCC3(CC2)CC(C(=O)O)N(C(=O)C2CC2)C3)cn1. The van der Waals surface area contributed by atoms with Crippen LogP contribution in [0.2, 0.25) is 0 Å². The molecule has 3 heterocycles. The molecule has 2 aliphatic heterocycles. The first-order valence-electron chi connectivity index (χ1n) is 9.64. The molecule has 7 nitrogen and oxygen atoms in total. The van der Waals surface area contributed by atoms with Gasteiger partial charge in [0.2, 0.25) is 5.91 Å². The largest absolute Gasteiger partial charge is 0.480 e. The third-order valence-corrected chi connectivity index (χ3v) is 6.27. The lowest BCUT2D eigenvalue weighted by atomic mass is 9.76. The van der Waals surface area contributed by atoms with Crippen molar-refractivity contribution in [1.82, 2.24) is 14.8 Å². The van der Waals surface area contributed by atoms with Crippen LogP contribution in [0.3, 0.4) is 0 Å². The summed E-state index contributed by atoms with van der Waals surface area (Å²) in [5.74, 6) is -0.914. The minimum Gasteiger partial charge on any atom is -0.480 e. The number of aliphatic carboxylic acids is 1. The third-order valence-electron chi connectivity index (χ3n) is 6.27. The maximum absolute atomic E-state index is 12.7. The molecule has 0 bridgehead atoms. The van der Waals surface area contributed by atoms with Gasteiger partial charge in [0.05, 0.1) is 5.56 Å². The van der Waals surface area contributed by atoms with Gasteiger partial charge in [-0.3, -0.25) is 14.6 Å². The van der Waals surface area contributed by atoms with Crippen LogP contribution in [0.4, 0.5) is 0 Å². The van der Waals surface area contributed by atoms with E-state index in [1.807, 2.05) is 17.9 Å². The molecular weight excluding hydrogens is 346 g/mol. The zero-order chi connectivity index (χ0) is 19.2. The number of pyridine rings is 1. The fourth-order valence-electron chi connectivity index (χ4n) is 4.40. The Bertz CT molecular complexity index is 764. The van der Waals surface area contributed by atoms with E-state index in [-0.39, 0.29) is 23.1 Å². The van der Waals surface area contributed by atoms with Crippen LogP contribution in [0.1, 0.15) is 48.2 Å². The smallest absolute Gasteiger partial charge is 0.326 e. The van der Waals surface area contributed by atoms with E-state index in [2.05, 4.69) is 4.98 Å². The molecule has 1 saturated carbocycles. The van der Waals surface area contributed by atoms with Gasteiger partial charge in [-0.15, -0.1) is 0 Å². The van der Waals surface area contributed by atoms with Crippen LogP contribution >= 0.6 is 0 Å². The number of carboxylic acids is 1. The number of nitrogens with zero attached hydrogens (tertiary/aromatic N) is 3. The number of likely N-dealkylation sites (tertiary alicyclic amines) is 2. The summed E-state index contributed by atoms with van der Waals surface area (Å²) in [5, 5.41) is 9.59. The topological polar surface area (TPSA) is 90.8 Å². The number of hydrogen-bond donors (Lipinski definition) is 1. The van der Waals surface area contributed by atoms with E-state index >= 15 is 0 Å². The summed E-state index contributed by atoms with van der Waals surface area (Å²) in [7, 11) is 0. The van der Waals surface area contributed by atoms with E-state index in [9.17, 15) is 19.5 Å². The van der Waals surface area contributed by atoms with Crippen LogP contribution in [0.15, 0.2) is 18.3 Å². The molecule has 2 saturated heterocycles. The normalized spacial score (nSPS) is 24.3. The number of hydrogen-bond acceptors (Lipinski definition) is 4. The molecule has 4 rings (SSSR count). The highest BCUT2D eigenvalue weighted by Crippen LogP contribution is 2.45. The minimum atomic E-state index is -0.912. The average Bonchev–Trinajstić information content (AvgIpc) is 3.44. The van der Waals surface area contributed by atoms with Gasteiger partial charge in [-0.1, -0.05) is 0 Å². The van der Waals surface area contributed by atoms with Gasteiger partial charge in [0.25, 0.3) is 5.91 Å². The molecule has 144 valence electrons. The van der Waals surface area contributed by atoms with Crippen molar-refractivity contribution in [3.8, 4) is 0 Å². The Balaban J connectivity index is 1.43. The minimum absolute atomic E-state index is 0.00325. The van der Waals surface area contributed by atoms with E-state index < -0.39 is 12.0 Å². The quantitative estimate of drug-likeness (QED) is 0.873. The number of aryl methyl sites for hydroxylation is 1. The van der Waals surface area contributed by atoms with E-state index in [0.717, 1.165) is 31.4 Å². The molecule has 2 amide bonds. The monoisotopic (exact) mass is 371 g/mol. The summed E-state index contributed by atoms with van der Waals surface area (Å²) in [6, 6.07) is 2.90. The molecule has 1 aromatic rings. The Morgan fingerprint density at radius 3 is 2.44 bits per heavy atom. The lowest BCUT2D eigenvalue weighted by Gasteiger charge is -2.39. The van der Waals surface area contributed by atoms with Crippen molar-refractivity contribution in [2.24, 2.45) is 11.3 Å². The number of aromatic nitrogens is 1. The van der Waals surface area contributed by atoms with Gasteiger partial charge in [0.15, 0.2) is 0 Å². The molecule has 3 fully saturated rings. The van der Waals surface area contributed by atoms with Gasteiger partial charge in [-0.05, 0) is 56.6 Å². The summed E-state index contributed by atoms with van der Waals surface area (Å²) < 4.78 is 0. The summed E-state index contributed by atoms with van der Waals surface area (Å²) in [6.07, 6.45) is 5.32. The molecule has 0 aromatic carbocycles. The molecule has 1 N–H and O–H groups in total. The Hall–Kier alpha value is -2.44. The highest BCUT2D eigenvalue weighted by molar-refractivity contribution is 5.94. The van der Waals surface area contributed by atoms with Crippen molar-refractivity contribution < 1.29 is 19.5 Å². The van der Waals surface area contributed by atoms with Gasteiger partial charge in [0.1, 0.15) is 6.04 Å². The Morgan fingerprint density at radius 2 is 1.89 bits per heavy atom. The van der Waals surface area contributed by atoms with Gasteiger partial charge in [-0.2, -0.15) is 0 Å². The third kappa shape index (κ3) is 3.42. The lowest BCUT2D eigenvalue weighted by molar-refractivity contribution is -0.148. The fourth-order valence-corrected chi connectivity index (χ4v) is 4.40. The first-order chi connectivity index (χ1) is 12.9. The zero-order valence-corrected chi connectivity index (χ0v) is 15.6. The van der Waals surface area contributed by atoms with Crippen molar-refractivity contribution in [2.75, 3.05) is 19.6 Å². The first-order valence-corrected chi connectivity index (χ1v) is 9.64. The molecule has 1 atom stereocenters. The summed E-state index contributed by atoms with van der Waals surface area (Å²) >= 11 is 0. The van der Waals surface area contributed by atoms with Crippen LogP contribution < -0.4 is 0 Å². The number of carbonyl (C=O) groups is 3. The number of piperidine rings is 1. The zero-order valence-electron chi connectivity index (χ0n) is 15.6. The van der Waals surface area contributed by atoms with Crippen molar-refractivity contribution >= 4 is 17.8 Å². The molecule has 27 heavy (non-hydrogen) atoms. The average molecular weight is 371 g/mol. The van der Waals surface area contributed by atoms with Gasteiger partial charge >= 0.3 is 5.97 Å². The van der Waals surface area contributed by atoms with Gasteiger partial charge in [0, 0.05) is 37.4 Å². The number of carbonyl (C=O) groups excluding carboxylic acids is 2. The summed E-state index contributed by atoms with van der Waals surface area (Å²) in [4.78, 5) is 44.5. The second-order valence-electron chi connectivity index (χ2n) is 8.28. The number of rotatable bonds is 3. The molecule has 1 aliphatic carbocycles. The first kappa shape index (κ1) is 17.9. The van der Waals surface area contributed by atoms with Crippen LogP contribution in [-0.2, 0) is 9.59 Å². The second kappa shape index (κ2) is 6.62. The number of amides is 2. The Morgan fingerprint density at radius 1 is 1.19 bits per heavy atom.